The SMILES string of the molecule is CCCCCCCC(=O)OCCOCCOCCOCCOCCOCCOCCN1C(=O)C=CC1=O. The van der Waals surface area contributed by atoms with Crippen molar-refractivity contribution in [1.29, 1.82) is 0 Å². The van der Waals surface area contributed by atoms with Crippen LogP contribution in [0.25, 0.3) is 0 Å². The molecule has 214 valence electrons. The molecule has 0 spiro atoms. The zero-order valence-corrected chi connectivity index (χ0v) is 22.3. The van der Waals surface area contributed by atoms with E-state index < -0.39 is 0 Å². The van der Waals surface area contributed by atoms with Gasteiger partial charge in [0, 0.05) is 18.6 Å². The number of ether oxygens (including phenoxy) is 7. The second kappa shape index (κ2) is 24.4. The molecular formula is C26H45NO10. The Morgan fingerprint density at radius 3 is 1.46 bits per heavy atom. The number of nitrogens with zero attached hydrogens (tertiary/aromatic N) is 1. The summed E-state index contributed by atoms with van der Waals surface area (Å²) in [5, 5.41) is 0. The van der Waals surface area contributed by atoms with Crippen LogP contribution in [0.1, 0.15) is 45.4 Å². The standard InChI is InChI=1S/C26H45NO10/c1-2-3-4-5-6-7-26(30)37-23-22-36-21-20-35-19-18-34-17-16-33-15-14-32-13-12-31-11-10-27-24(28)8-9-25(27)29/h8-9H,2-7,10-23H2,1H3. The fourth-order valence-electron chi connectivity index (χ4n) is 3.17. The molecular weight excluding hydrogens is 486 g/mol. The number of hydrogen-bond acceptors (Lipinski definition) is 10. The normalized spacial score (nSPS) is 13.2. The average Bonchev–Trinajstić information content (AvgIpc) is 3.21. The molecule has 0 unspecified atom stereocenters. The highest BCUT2D eigenvalue weighted by Gasteiger charge is 2.22. The summed E-state index contributed by atoms with van der Waals surface area (Å²) >= 11 is 0. The van der Waals surface area contributed by atoms with Gasteiger partial charge in [-0.25, -0.2) is 0 Å². The van der Waals surface area contributed by atoms with Crippen LogP contribution in [0, 0.1) is 0 Å². The maximum Gasteiger partial charge on any atom is 0.305 e. The van der Waals surface area contributed by atoms with Crippen molar-refractivity contribution >= 4 is 17.8 Å². The number of unbranched alkanes of at least 4 members (excludes halogenated alkanes) is 4. The summed E-state index contributed by atoms with van der Waals surface area (Å²) in [7, 11) is 0. The molecule has 11 nitrogen and oxygen atoms in total. The molecule has 0 radical (unpaired) electrons. The Balaban J connectivity index is 1.68. The molecule has 0 saturated heterocycles. The first-order chi connectivity index (χ1) is 18.1. The van der Waals surface area contributed by atoms with E-state index in [9.17, 15) is 14.4 Å². The van der Waals surface area contributed by atoms with Crippen molar-refractivity contribution in [3.05, 3.63) is 12.2 Å². The van der Waals surface area contributed by atoms with Gasteiger partial charge in [0.05, 0.1) is 85.8 Å². The zero-order valence-electron chi connectivity index (χ0n) is 22.3. The summed E-state index contributed by atoms with van der Waals surface area (Å²) < 4.78 is 37.5. The van der Waals surface area contributed by atoms with E-state index in [1.54, 1.807) is 0 Å². The molecule has 2 amide bonds. The van der Waals surface area contributed by atoms with E-state index in [1.807, 2.05) is 0 Å². The first kappa shape index (κ1) is 33.1. The zero-order chi connectivity index (χ0) is 26.8. The quantitative estimate of drug-likeness (QED) is 0.0883. The number of carbonyl (C=O) groups excluding carboxylic acids is 3. The molecule has 0 N–H and O–H groups in total. The summed E-state index contributed by atoms with van der Waals surface area (Å²) in [4.78, 5) is 35.4. The van der Waals surface area contributed by atoms with Crippen LogP contribution < -0.4 is 0 Å². The van der Waals surface area contributed by atoms with E-state index in [-0.39, 0.29) is 37.5 Å². The monoisotopic (exact) mass is 531 g/mol. The topological polar surface area (TPSA) is 119 Å². The smallest absolute Gasteiger partial charge is 0.305 e. The molecule has 0 saturated carbocycles. The van der Waals surface area contributed by atoms with E-state index >= 15 is 0 Å². The van der Waals surface area contributed by atoms with Gasteiger partial charge in [-0.05, 0) is 6.42 Å². The second-order valence-corrected chi connectivity index (χ2v) is 8.22. The lowest BCUT2D eigenvalue weighted by Crippen LogP contribution is -2.33. The largest absolute Gasteiger partial charge is 0.463 e. The fraction of sp³-hybridized carbons (Fsp3) is 0.808. The molecule has 11 heteroatoms. The Bertz CT molecular complexity index is 610. The summed E-state index contributed by atoms with van der Waals surface area (Å²) in [5.74, 6) is -0.768. The molecule has 0 aromatic rings. The lowest BCUT2D eigenvalue weighted by atomic mass is 10.1. The Morgan fingerprint density at radius 2 is 1.00 bits per heavy atom. The minimum atomic E-state index is -0.306. The number of imide groups is 1. The first-order valence-electron chi connectivity index (χ1n) is 13.3. The summed E-state index contributed by atoms with van der Waals surface area (Å²) in [6, 6.07) is 0. The van der Waals surface area contributed by atoms with Crippen molar-refractivity contribution < 1.29 is 47.5 Å². The van der Waals surface area contributed by atoms with Crippen molar-refractivity contribution in [3.8, 4) is 0 Å². The minimum Gasteiger partial charge on any atom is -0.463 e. The average molecular weight is 532 g/mol. The van der Waals surface area contributed by atoms with Crippen molar-refractivity contribution in [2.24, 2.45) is 0 Å². The number of carbonyl (C=O) groups is 3. The molecule has 0 atom stereocenters. The van der Waals surface area contributed by atoms with Crippen molar-refractivity contribution in [3.63, 3.8) is 0 Å². The lowest BCUT2D eigenvalue weighted by Gasteiger charge is -2.13. The van der Waals surface area contributed by atoms with Gasteiger partial charge >= 0.3 is 5.97 Å². The maximum atomic E-state index is 11.6. The Kier molecular flexibility index (Phi) is 21.9. The van der Waals surface area contributed by atoms with Gasteiger partial charge in [0.15, 0.2) is 0 Å². The fourth-order valence-corrected chi connectivity index (χ4v) is 3.17. The maximum absolute atomic E-state index is 11.6. The third kappa shape index (κ3) is 19.8. The van der Waals surface area contributed by atoms with Crippen molar-refractivity contribution in [1.82, 2.24) is 4.90 Å². The van der Waals surface area contributed by atoms with Crippen LogP contribution in [-0.2, 0) is 47.5 Å². The molecule has 1 aliphatic heterocycles. The van der Waals surface area contributed by atoms with Gasteiger partial charge < -0.3 is 33.2 Å². The molecule has 0 fully saturated rings. The van der Waals surface area contributed by atoms with Gasteiger partial charge in [-0.3, -0.25) is 19.3 Å². The highest BCUT2D eigenvalue weighted by atomic mass is 16.6. The van der Waals surface area contributed by atoms with Crippen LogP contribution in [0.15, 0.2) is 12.2 Å². The number of amides is 2. The molecule has 1 heterocycles. The minimum absolute atomic E-state index is 0.155. The highest BCUT2D eigenvalue weighted by molar-refractivity contribution is 6.12. The molecule has 37 heavy (non-hydrogen) atoms. The van der Waals surface area contributed by atoms with Gasteiger partial charge in [0.25, 0.3) is 11.8 Å². The van der Waals surface area contributed by atoms with E-state index in [4.69, 9.17) is 33.2 Å². The van der Waals surface area contributed by atoms with Gasteiger partial charge in [-0.15, -0.1) is 0 Å². The van der Waals surface area contributed by atoms with Gasteiger partial charge in [0.2, 0.25) is 0 Å². The van der Waals surface area contributed by atoms with Crippen LogP contribution in [0.5, 0.6) is 0 Å². The van der Waals surface area contributed by atoms with Crippen molar-refractivity contribution in [2.45, 2.75) is 45.4 Å². The summed E-state index contributed by atoms with van der Waals surface area (Å²) in [5.41, 5.74) is 0. The number of esters is 1. The van der Waals surface area contributed by atoms with Crippen LogP contribution in [0.2, 0.25) is 0 Å². The third-order valence-corrected chi connectivity index (χ3v) is 5.19. The van der Waals surface area contributed by atoms with Gasteiger partial charge in [-0.1, -0.05) is 32.6 Å². The Labute approximate surface area is 220 Å². The number of hydrogen-bond donors (Lipinski definition) is 0. The molecule has 1 rings (SSSR count). The van der Waals surface area contributed by atoms with Gasteiger partial charge in [-0.2, -0.15) is 0 Å². The van der Waals surface area contributed by atoms with Crippen LogP contribution in [0.4, 0.5) is 0 Å². The van der Waals surface area contributed by atoms with E-state index in [2.05, 4.69) is 6.92 Å². The van der Waals surface area contributed by atoms with Crippen LogP contribution >= 0.6 is 0 Å². The summed E-state index contributed by atoms with van der Waals surface area (Å²) in [6.45, 7) is 7.79. The predicted octanol–water partition coefficient (Wildman–Crippen LogP) is 1.91. The lowest BCUT2D eigenvalue weighted by molar-refractivity contribution is -0.145. The second-order valence-electron chi connectivity index (χ2n) is 8.22. The number of rotatable bonds is 27. The molecule has 0 aromatic carbocycles. The first-order valence-corrected chi connectivity index (χ1v) is 13.3. The van der Waals surface area contributed by atoms with E-state index in [0.29, 0.717) is 79.1 Å². The summed E-state index contributed by atoms with van der Waals surface area (Å²) in [6.07, 6.45) is 8.55. The van der Waals surface area contributed by atoms with Gasteiger partial charge in [0.1, 0.15) is 6.61 Å². The molecule has 0 aromatic heterocycles. The third-order valence-electron chi connectivity index (χ3n) is 5.19. The Hall–Kier alpha value is -1.89. The molecule has 0 bridgehead atoms. The van der Waals surface area contributed by atoms with Crippen molar-refractivity contribution in [2.75, 3.05) is 92.4 Å². The highest BCUT2D eigenvalue weighted by Crippen LogP contribution is 2.05. The van der Waals surface area contributed by atoms with Crippen LogP contribution in [0.3, 0.4) is 0 Å². The molecule has 0 aliphatic carbocycles. The predicted molar refractivity (Wildman–Crippen MR) is 135 cm³/mol. The molecule has 1 aliphatic rings. The van der Waals surface area contributed by atoms with E-state index in [0.717, 1.165) is 17.7 Å². The van der Waals surface area contributed by atoms with Crippen LogP contribution in [-0.4, -0.2) is 115 Å². The Morgan fingerprint density at radius 1 is 0.595 bits per heavy atom. The van der Waals surface area contributed by atoms with E-state index in [1.165, 1.54) is 31.4 Å².